The summed E-state index contributed by atoms with van der Waals surface area (Å²) in [5, 5.41) is 23.6. The molecule has 0 aliphatic carbocycles. The number of benzene rings is 1. The Morgan fingerprint density at radius 2 is 2.15 bits per heavy atom. The topological polar surface area (TPSA) is 98.5 Å². The van der Waals surface area contributed by atoms with Gasteiger partial charge in [0.25, 0.3) is 0 Å². The van der Waals surface area contributed by atoms with Crippen LogP contribution >= 0.6 is 34.9 Å². The maximum Gasteiger partial charge on any atom is 0.236 e. The van der Waals surface area contributed by atoms with E-state index in [0.717, 1.165) is 27.8 Å². The molecule has 0 fully saturated rings. The Balaban J connectivity index is 1.57. The van der Waals surface area contributed by atoms with Gasteiger partial charge < -0.3 is 0 Å². The van der Waals surface area contributed by atoms with Crippen molar-refractivity contribution in [2.24, 2.45) is 0 Å². The fourth-order valence-electron chi connectivity index (χ4n) is 1.98. The summed E-state index contributed by atoms with van der Waals surface area (Å²) in [5.74, 6) is 1.00. The number of hydrogen-bond donors (Lipinski definition) is 1. The second-order valence-electron chi connectivity index (χ2n) is 5.27. The van der Waals surface area contributed by atoms with Crippen molar-refractivity contribution in [3.63, 3.8) is 0 Å². The minimum Gasteiger partial charge on any atom is -0.300 e. The molecule has 3 rings (SSSR count). The first kappa shape index (κ1) is 18.8. The van der Waals surface area contributed by atoms with Crippen LogP contribution < -0.4 is 5.32 Å². The van der Waals surface area contributed by atoms with Crippen LogP contribution in [-0.2, 0) is 4.79 Å². The second kappa shape index (κ2) is 9.10. The van der Waals surface area contributed by atoms with Crippen LogP contribution in [0.15, 0.2) is 33.8 Å². The molecule has 1 aromatic carbocycles. The van der Waals surface area contributed by atoms with Gasteiger partial charge in [0.1, 0.15) is 0 Å². The van der Waals surface area contributed by atoms with Crippen molar-refractivity contribution in [1.82, 2.24) is 30.4 Å². The molecule has 0 aliphatic heterocycles. The molecule has 11 heteroatoms. The van der Waals surface area contributed by atoms with Crippen LogP contribution in [0.5, 0.6) is 0 Å². The molecule has 0 unspecified atom stereocenters. The van der Waals surface area contributed by atoms with Crippen LogP contribution in [0.25, 0.3) is 5.69 Å². The van der Waals surface area contributed by atoms with Crippen molar-refractivity contribution in [3.05, 3.63) is 29.8 Å². The molecule has 2 heterocycles. The molecule has 0 bridgehead atoms. The SMILES string of the molecule is CCCSc1nnc(NC(=O)CSc2nnnn2-c2cccc(C)c2)s1. The van der Waals surface area contributed by atoms with E-state index < -0.39 is 0 Å². The number of nitrogens with one attached hydrogen (secondary N) is 1. The van der Waals surface area contributed by atoms with Crippen molar-refractivity contribution in [2.75, 3.05) is 16.8 Å². The van der Waals surface area contributed by atoms with Crippen molar-refractivity contribution in [2.45, 2.75) is 29.8 Å². The number of carbonyl (C=O) groups is 1. The third-order valence-corrected chi connectivity index (χ3v) is 6.20. The minimum absolute atomic E-state index is 0.169. The molecule has 2 aromatic heterocycles. The third-order valence-electron chi connectivity index (χ3n) is 3.10. The average molecular weight is 408 g/mol. The number of aryl methyl sites for hydroxylation is 1. The predicted octanol–water partition coefficient (Wildman–Crippen LogP) is 3.06. The Morgan fingerprint density at radius 3 is 2.96 bits per heavy atom. The van der Waals surface area contributed by atoms with Gasteiger partial charge in [0.05, 0.1) is 11.4 Å². The first-order valence-electron chi connectivity index (χ1n) is 7.90. The maximum atomic E-state index is 12.2. The fourth-order valence-corrected chi connectivity index (χ4v) is 4.37. The van der Waals surface area contributed by atoms with E-state index in [0.29, 0.717) is 10.3 Å². The highest BCUT2D eigenvalue weighted by atomic mass is 32.2. The van der Waals surface area contributed by atoms with Gasteiger partial charge in [-0.2, -0.15) is 4.68 Å². The van der Waals surface area contributed by atoms with E-state index in [1.165, 1.54) is 23.1 Å². The van der Waals surface area contributed by atoms with Gasteiger partial charge in [0, 0.05) is 5.75 Å². The number of thioether (sulfide) groups is 2. The number of rotatable bonds is 8. The number of anilines is 1. The molecule has 0 saturated heterocycles. The lowest BCUT2D eigenvalue weighted by molar-refractivity contribution is -0.113. The van der Waals surface area contributed by atoms with E-state index in [1.807, 2.05) is 31.2 Å². The second-order valence-corrected chi connectivity index (χ2v) is 8.53. The standard InChI is InChI=1S/C15H17N7OS3/c1-3-7-24-15-19-17-13(26-15)16-12(23)9-25-14-18-20-21-22(14)11-6-4-5-10(2)8-11/h4-6,8H,3,7,9H2,1-2H3,(H,16,17,23). The van der Waals surface area contributed by atoms with E-state index >= 15 is 0 Å². The number of nitrogens with zero attached hydrogens (tertiary/aromatic N) is 6. The number of amides is 1. The van der Waals surface area contributed by atoms with Gasteiger partial charge in [-0.1, -0.05) is 53.9 Å². The molecular formula is C15H17N7OS3. The molecule has 0 spiro atoms. The van der Waals surface area contributed by atoms with Gasteiger partial charge in [-0.05, 0) is 41.5 Å². The molecule has 1 N–H and O–H groups in total. The molecule has 0 saturated carbocycles. The van der Waals surface area contributed by atoms with Crippen LogP contribution in [-0.4, -0.2) is 47.8 Å². The zero-order valence-electron chi connectivity index (χ0n) is 14.2. The van der Waals surface area contributed by atoms with Gasteiger partial charge in [0.2, 0.25) is 16.2 Å². The summed E-state index contributed by atoms with van der Waals surface area (Å²) in [6.45, 7) is 4.11. The van der Waals surface area contributed by atoms with E-state index in [4.69, 9.17) is 0 Å². The molecule has 8 nitrogen and oxygen atoms in total. The number of aromatic nitrogens is 6. The molecule has 0 radical (unpaired) electrons. The van der Waals surface area contributed by atoms with Gasteiger partial charge in [0.15, 0.2) is 4.34 Å². The van der Waals surface area contributed by atoms with Crippen LogP contribution in [0, 0.1) is 6.92 Å². The normalized spacial score (nSPS) is 10.8. The molecule has 26 heavy (non-hydrogen) atoms. The minimum atomic E-state index is -0.169. The van der Waals surface area contributed by atoms with Gasteiger partial charge in [-0.15, -0.1) is 15.3 Å². The van der Waals surface area contributed by atoms with Gasteiger partial charge >= 0.3 is 0 Å². The summed E-state index contributed by atoms with van der Waals surface area (Å²) in [6.07, 6.45) is 1.07. The average Bonchev–Trinajstić information content (AvgIpc) is 3.27. The molecule has 0 aliphatic rings. The summed E-state index contributed by atoms with van der Waals surface area (Å²) < 4.78 is 2.48. The van der Waals surface area contributed by atoms with Gasteiger partial charge in [-0.3, -0.25) is 10.1 Å². The summed E-state index contributed by atoms with van der Waals surface area (Å²) in [6, 6.07) is 7.85. The summed E-state index contributed by atoms with van der Waals surface area (Å²) in [7, 11) is 0. The predicted molar refractivity (Wildman–Crippen MR) is 104 cm³/mol. The Bertz CT molecular complexity index is 880. The molecule has 1 amide bonds. The van der Waals surface area contributed by atoms with Crippen molar-refractivity contribution < 1.29 is 4.79 Å². The smallest absolute Gasteiger partial charge is 0.236 e. The van der Waals surface area contributed by atoms with E-state index in [2.05, 4.69) is 38.0 Å². The quantitative estimate of drug-likeness (QED) is 0.449. The Labute approximate surface area is 163 Å². The zero-order valence-corrected chi connectivity index (χ0v) is 16.7. The number of tetrazole rings is 1. The van der Waals surface area contributed by atoms with Crippen molar-refractivity contribution >= 4 is 45.9 Å². The number of carbonyl (C=O) groups excluding carboxylic acids is 1. The van der Waals surface area contributed by atoms with Crippen molar-refractivity contribution in [3.8, 4) is 5.69 Å². The Morgan fingerprint density at radius 1 is 1.27 bits per heavy atom. The molecule has 3 aromatic rings. The third kappa shape index (κ3) is 5.02. The summed E-state index contributed by atoms with van der Waals surface area (Å²) >= 11 is 4.29. The Hall–Kier alpha value is -1.98. The Kier molecular flexibility index (Phi) is 6.58. The van der Waals surface area contributed by atoms with Crippen LogP contribution in [0.3, 0.4) is 0 Å². The lowest BCUT2D eigenvalue weighted by Gasteiger charge is -2.05. The highest BCUT2D eigenvalue weighted by Crippen LogP contribution is 2.26. The number of hydrogen-bond acceptors (Lipinski definition) is 9. The highest BCUT2D eigenvalue weighted by Gasteiger charge is 2.13. The zero-order chi connectivity index (χ0) is 18.4. The van der Waals surface area contributed by atoms with Crippen LogP contribution in [0.2, 0.25) is 0 Å². The van der Waals surface area contributed by atoms with Crippen molar-refractivity contribution in [1.29, 1.82) is 0 Å². The van der Waals surface area contributed by atoms with Gasteiger partial charge in [-0.25, -0.2) is 0 Å². The summed E-state index contributed by atoms with van der Waals surface area (Å²) in [4.78, 5) is 12.2. The maximum absolute atomic E-state index is 12.2. The fraction of sp³-hybridized carbons (Fsp3) is 0.333. The first-order valence-corrected chi connectivity index (χ1v) is 10.7. The van der Waals surface area contributed by atoms with E-state index in [-0.39, 0.29) is 11.7 Å². The van der Waals surface area contributed by atoms with E-state index in [9.17, 15) is 4.79 Å². The monoisotopic (exact) mass is 407 g/mol. The highest BCUT2D eigenvalue weighted by molar-refractivity contribution is 8.01. The van der Waals surface area contributed by atoms with Crippen LogP contribution in [0.4, 0.5) is 5.13 Å². The van der Waals surface area contributed by atoms with Crippen LogP contribution in [0.1, 0.15) is 18.9 Å². The largest absolute Gasteiger partial charge is 0.300 e. The van der Waals surface area contributed by atoms with E-state index in [1.54, 1.807) is 16.4 Å². The molecule has 136 valence electrons. The lowest BCUT2D eigenvalue weighted by Crippen LogP contribution is -2.14. The molecular weight excluding hydrogens is 390 g/mol. The summed E-state index contributed by atoms with van der Waals surface area (Å²) in [5.41, 5.74) is 1.97. The first-order chi connectivity index (χ1) is 12.7. The lowest BCUT2D eigenvalue weighted by atomic mass is 10.2. The molecule has 0 atom stereocenters.